The quantitative estimate of drug-likeness (QED) is 0.703. The molecule has 1 N–H and O–H groups in total. The molecule has 1 aromatic carbocycles. The second kappa shape index (κ2) is 7.93. The van der Waals surface area contributed by atoms with Gasteiger partial charge in [-0.3, -0.25) is 0 Å². The third kappa shape index (κ3) is 3.88. The number of rotatable bonds is 8. The third-order valence-electron chi connectivity index (χ3n) is 3.18. The maximum Gasteiger partial charge on any atom is 0.0414 e. The largest absolute Gasteiger partial charge is 0.371 e. The van der Waals surface area contributed by atoms with E-state index in [1.807, 2.05) is 6.08 Å². The van der Waals surface area contributed by atoms with E-state index in [0.717, 1.165) is 19.5 Å². The zero-order valence-electron chi connectivity index (χ0n) is 11.9. The number of likely N-dealkylation sites (N-methyl/N-ethyl adjacent to an activating group) is 1. The molecular weight excluding hydrogens is 220 g/mol. The smallest absolute Gasteiger partial charge is 0.0414 e. The molecule has 0 spiro atoms. The highest BCUT2D eigenvalue weighted by Crippen LogP contribution is 2.27. The first kappa shape index (κ1) is 14.8. The van der Waals surface area contributed by atoms with Gasteiger partial charge in [-0.1, -0.05) is 38.1 Å². The van der Waals surface area contributed by atoms with Crippen LogP contribution >= 0.6 is 0 Å². The minimum Gasteiger partial charge on any atom is -0.371 e. The molecule has 1 atom stereocenters. The minimum atomic E-state index is 0.438. The molecule has 0 radical (unpaired) electrons. The molecule has 18 heavy (non-hydrogen) atoms. The predicted octanol–water partition coefficient (Wildman–Crippen LogP) is 3.76. The number of para-hydroxylation sites is 1. The van der Waals surface area contributed by atoms with Gasteiger partial charge < -0.3 is 10.2 Å². The summed E-state index contributed by atoms with van der Waals surface area (Å²) in [4.78, 5) is 2.25. The molecule has 2 nitrogen and oxygen atoms in total. The van der Waals surface area contributed by atoms with E-state index in [4.69, 9.17) is 0 Å². The molecule has 0 aliphatic rings. The van der Waals surface area contributed by atoms with E-state index in [1.165, 1.54) is 17.7 Å². The molecule has 0 aromatic heterocycles. The van der Waals surface area contributed by atoms with Crippen LogP contribution in [0.15, 0.2) is 36.9 Å². The molecule has 0 saturated carbocycles. The van der Waals surface area contributed by atoms with Gasteiger partial charge in [-0.15, -0.1) is 6.58 Å². The molecule has 1 rings (SSSR count). The summed E-state index contributed by atoms with van der Waals surface area (Å²) in [7, 11) is 2.12. The van der Waals surface area contributed by atoms with Crippen molar-refractivity contribution in [3.05, 3.63) is 42.5 Å². The second-order valence-electron chi connectivity index (χ2n) is 4.64. The van der Waals surface area contributed by atoms with Crippen molar-refractivity contribution in [1.82, 2.24) is 5.32 Å². The Labute approximate surface area is 112 Å². The number of hydrogen-bond donors (Lipinski definition) is 1. The van der Waals surface area contributed by atoms with E-state index in [-0.39, 0.29) is 0 Å². The summed E-state index contributed by atoms with van der Waals surface area (Å²) >= 11 is 0. The molecule has 0 amide bonds. The Morgan fingerprint density at radius 1 is 1.33 bits per heavy atom. The summed E-state index contributed by atoms with van der Waals surface area (Å²) < 4.78 is 0. The Balaban J connectivity index is 2.94. The van der Waals surface area contributed by atoms with Crippen LogP contribution < -0.4 is 10.2 Å². The zero-order valence-corrected chi connectivity index (χ0v) is 11.9. The van der Waals surface area contributed by atoms with E-state index in [9.17, 15) is 0 Å². The minimum absolute atomic E-state index is 0.438. The number of nitrogens with one attached hydrogen (secondary N) is 1. The van der Waals surface area contributed by atoms with Gasteiger partial charge in [-0.2, -0.15) is 0 Å². The van der Waals surface area contributed by atoms with Crippen molar-refractivity contribution in [2.45, 2.75) is 32.7 Å². The van der Waals surface area contributed by atoms with Gasteiger partial charge in [0.1, 0.15) is 0 Å². The standard InChI is InChI=1S/C16H26N2/c1-5-12-17-15(7-3)14-10-8-9-11-16(14)18(4)13-6-2/h6,8-11,15,17H,2,5,7,12-13H2,1,3-4H3. The molecule has 100 valence electrons. The van der Waals surface area contributed by atoms with E-state index in [1.54, 1.807) is 0 Å². The highest BCUT2D eigenvalue weighted by Gasteiger charge is 2.14. The average molecular weight is 246 g/mol. The summed E-state index contributed by atoms with van der Waals surface area (Å²) in [5.41, 5.74) is 2.69. The lowest BCUT2D eigenvalue weighted by Crippen LogP contribution is -2.25. The summed E-state index contributed by atoms with van der Waals surface area (Å²) in [6.07, 6.45) is 4.22. The van der Waals surface area contributed by atoms with Gasteiger partial charge in [0.25, 0.3) is 0 Å². The molecule has 0 aliphatic carbocycles. The first-order valence-electron chi connectivity index (χ1n) is 6.88. The fourth-order valence-corrected chi connectivity index (χ4v) is 2.21. The van der Waals surface area contributed by atoms with Crippen LogP contribution in [-0.2, 0) is 0 Å². The van der Waals surface area contributed by atoms with Crippen molar-refractivity contribution in [1.29, 1.82) is 0 Å². The SMILES string of the molecule is C=CCN(C)c1ccccc1C(CC)NCCC. The Morgan fingerprint density at radius 2 is 2.06 bits per heavy atom. The second-order valence-corrected chi connectivity index (χ2v) is 4.64. The van der Waals surface area contributed by atoms with E-state index < -0.39 is 0 Å². The highest BCUT2D eigenvalue weighted by atomic mass is 15.1. The van der Waals surface area contributed by atoms with Crippen molar-refractivity contribution in [2.75, 3.05) is 25.0 Å². The Kier molecular flexibility index (Phi) is 6.51. The van der Waals surface area contributed by atoms with Crippen LogP contribution in [0.4, 0.5) is 5.69 Å². The van der Waals surface area contributed by atoms with Gasteiger partial charge in [0, 0.05) is 25.3 Å². The molecule has 0 bridgehead atoms. The summed E-state index contributed by atoms with van der Waals surface area (Å²) in [6, 6.07) is 9.08. The number of hydrogen-bond acceptors (Lipinski definition) is 2. The van der Waals surface area contributed by atoms with Crippen LogP contribution in [0.2, 0.25) is 0 Å². The van der Waals surface area contributed by atoms with E-state index in [2.05, 4.69) is 62.0 Å². The van der Waals surface area contributed by atoms with Crippen LogP contribution in [0.3, 0.4) is 0 Å². The fraction of sp³-hybridized carbons (Fsp3) is 0.500. The molecule has 0 aliphatic heterocycles. The van der Waals surface area contributed by atoms with Gasteiger partial charge in [0.05, 0.1) is 0 Å². The van der Waals surface area contributed by atoms with Gasteiger partial charge in [0.2, 0.25) is 0 Å². The Morgan fingerprint density at radius 3 is 2.67 bits per heavy atom. The first-order chi connectivity index (χ1) is 8.74. The lowest BCUT2D eigenvalue weighted by atomic mass is 10.0. The van der Waals surface area contributed by atoms with Crippen molar-refractivity contribution < 1.29 is 0 Å². The fourth-order valence-electron chi connectivity index (χ4n) is 2.21. The maximum absolute atomic E-state index is 3.81. The van der Waals surface area contributed by atoms with Crippen molar-refractivity contribution in [2.24, 2.45) is 0 Å². The molecule has 0 fully saturated rings. The number of nitrogens with zero attached hydrogens (tertiary/aromatic N) is 1. The van der Waals surface area contributed by atoms with Crippen LogP contribution in [0.25, 0.3) is 0 Å². The molecule has 0 saturated heterocycles. The van der Waals surface area contributed by atoms with Crippen LogP contribution in [0.5, 0.6) is 0 Å². The van der Waals surface area contributed by atoms with Crippen molar-refractivity contribution >= 4 is 5.69 Å². The normalized spacial score (nSPS) is 12.2. The van der Waals surface area contributed by atoms with Crippen LogP contribution in [0.1, 0.15) is 38.3 Å². The van der Waals surface area contributed by atoms with E-state index >= 15 is 0 Å². The maximum atomic E-state index is 3.81. The van der Waals surface area contributed by atoms with Gasteiger partial charge in [-0.05, 0) is 31.0 Å². The Hall–Kier alpha value is -1.28. The molecule has 1 unspecified atom stereocenters. The van der Waals surface area contributed by atoms with Crippen LogP contribution in [-0.4, -0.2) is 20.1 Å². The topological polar surface area (TPSA) is 15.3 Å². The third-order valence-corrected chi connectivity index (χ3v) is 3.18. The van der Waals surface area contributed by atoms with Crippen molar-refractivity contribution in [3.63, 3.8) is 0 Å². The van der Waals surface area contributed by atoms with Crippen molar-refractivity contribution in [3.8, 4) is 0 Å². The molecular formula is C16H26N2. The summed E-state index contributed by atoms with van der Waals surface area (Å²) in [5.74, 6) is 0. The molecule has 0 heterocycles. The van der Waals surface area contributed by atoms with Gasteiger partial charge >= 0.3 is 0 Å². The molecule has 2 heteroatoms. The zero-order chi connectivity index (χ0) is 13.4. The highest BCUT2D eigenvalue weighted by molar-refractivity contribution is 5.54. The summed E-state index contributed by atoms with van der Waals surface area (Å²) in [6.45, 7) is 10.2. The lowest BCUT2D eigenvalue weighted by Gasteiger charge is -2.26. The van der Waals surface area contributed by atoms with Gasteiger partial charge in [0.15, 0.2) is 0 Å². The lowest BCUT2D eigenvalue weighted by molar-refractivity contribution is 0.518. The van der Waals surface area contributed by atoms with Gasteiger partial charge in [-0.25, -0.2) is 0 Å². The molecule has 1 aromatic rings. The number of anilines is 1. The summed E-state index contributed by atoms with van der Waals surface area (Å²) in [5, 5.41) is 3.62. The Bertz CT molecular complexity index is 360. The number of benzene rings is 1. The first-order valence-corrected chi connectivity index (χ1v) is 6.88. The van der Waals surface area contributed by atoms with E-state index in [0.29, 0.717) is 6.04 Å². The average Bonchev–Trinajstić information content (AvgIpc) is 2.40. The monoisotopic (exact) mass is 246 g/mol. The van der Waals surface area contributed by atoms with Crippen LogP contribution in [0, 0.1) is 0 Å². The predicted molar refractivity (Wildman–Crippen MR) is 81.2 cm³/mol.